The van der Waals surface area contributed by atoms with Crippen molar-refractivity contribution in [2.45, 2.75) is 6.04 Å². The van der Waals surface area contributed by atoms with Crippen LogP contribution in [0.4, 0.5) is 0 Å². The van der Waals surface area contributed by atoms with E-state index in [1.165, 1.54) is 0 Å². The number of ether oxygens (including phenoxy) is 2. The highest BCUT2D eigenvalue weighted by molar-refractivity contribution is 6.31. The molecule has 138 valence electrons. The average Bonchev–Trinajstić information content (AvgIpc) is 2.69. The van der Waals surface area contributed by atoms with E-state index < -0.39 is 0 Å². The van der Waals surface area contributed by atoms with Gasteiger partial charge in [-0.05, 0) is 23.8 Å². The van der Waals surface area contributed by atoms with Gasteiger partial charge in [-0.25, -0.2) is 0 Å². The van der Waals surface area contributed by atoms with Gasteiger partial charge in [0, 0.05) is 24.7 Å². The van der Waals surface area contributed by atoms with Crippen molar-refractivity contribution in [1.29, 1.82) is 0 Å². The van der Waals surface area contributed by atoms with E-state index in [4.69, 9.17) is 21.1 Å². The summed E-state index contributed by atoms with van der Waals surface area (Å²) in [6.07, 6.45) is 0. The summed E-state index contributed by atoms with van der Waals surface area (Å²) in [4.78, 5) is 14.5. The molecule has 0 radical (unpaired) electrons. The summed E-state index contributed by atoms with van der Waals surface area (Å²) < 4.78 is 11.0. The number of rotatable bonds is 7. The van der Waals surface area contributed by atoms with Crippen LogP contribution in [-0.2, 0) is 9.53 Å². The minimum Gasteiger partial charge on any atom is -0.484 e. The molecule has 0 spiro atoms. The lowest BCUT2D eigenvalue weighted by atomic mass is 10.0. The lowest BCUT2D eigenvalue weighted by Gasteiger charge is -2.35. The number of halogens is 1. The third-order valence-corrected chi connectivity index (χ3v) is 4.70. The van der Waals surface area contributed by atoms with Gasteiger partial charge in [-0.2, -0.15) is 0 Å². The first-order valence-electron chi connectivity index (χ1n) is 8.75. The third-order valence-electron chi connectivity index (χ3n) is 4.36. The molecule has 26 heavy (non-hydrogen) atoms. The number of nitrogens with one attached hydrogen (secondary N) is 1. The van der Waals surface area contributed by atoms with E-state index in [1.807, 2.05) is 54.6 Å². The van der Waals surface area contributed by atoms with Crippen molar-refractivity contribution in [2.24, 2.45) is 0 Å². The van der Waals surface area contributed by atoms with E-state index in [2.05, 4.69) is 10.2 Å². The van der Waals surface area contributed by atoms with Crippen molar-refractivity contribution in [1.82, 2.24) is 10.2 Å². The van der Waals surface area contributed by atoms with Gasteiger partial charge in [0.15, 0.2) is 6.61 Å². The van der Waals surface area contributed by atoms with Crippen LogP contribution in [0.3, 0.4) is 0 Å². The van der Waals surface area contributed by atoms with Gasteiger partial charge in [0.05, 0.1) is 19.3 Å². The van der Waals surface area contributed by atoms with E-state index >= 15 is 0 Å². The first kappa shape index (κ1) is 18.7. The number of hydrogen-bond donors (Lipinski definition) is 1. The molecule has 0 saturated carbocycles. The van der Waals surface area contributed by atoms with Gasteiger partial charge in [-0.3, -0.25) is 9.69 Å². The van der Waals surface area contributed by atoms with Crippen molar-refractivity contribution >= 4 is 17.5 Å². The second kappa shape index (κ2) is 9.57. The molecule has 2 aromatic rings. The molecular weight excluding hydrogens is 352 g/mol. The van der Waals surface area contributed by atoms with Crippen molar-refractivity contribution in [3.63, 3.8) is 0 Å². The van der Waals surface area contributed by atoms with E-state index in [9.17, 15) is 4.79 Å². The molecule has 2 aromatic carbocycles. The number of benzene rings is 2. The van der Waals surface area contributed by atoms with E-state index in [1.54, 1.807) is 0 Å². The number of nitrogens with zero attached hydrogens (tertiary/aromatic N) is 1. The largest absolute Gasteiger partial charge is 0.484 e. The maximum Gasteiger partial charge on any atom is 0.258 e. The maximum absolute atomic E-state index is 12.2. The Balaban J connectivity index is 1.60. The van der Waals surface area contributed by atoms with Crippen LogP contribution in [0.25, 0.3) is 0 Å². The van der Waals surface area contributed by atoms with Gasteiger partial charge in [-0.1, -0.05) is 48.0 Å². The average molecular weight is 375 g/mol. The highest BCUT2D eigenvalue weighted by atomic mass is 35.5. The predicted molar refractivity (Wildman–Crippen MR) is 102 cm³/mol. The van der Waals surface area contributed by atoms with Crippen LogP contribution in [0.5, 0.6) is 5.75 Å². The van der Waals surface area contributed by atoms with Gasteiger partial charge in [0.1, 0.15) is 5.75 Å². The van der Waals surface area contributed by atoms with Crippen LogP contribution < -0.4 is 10.1 Å². The Kier molecular flexibility index (Phi) is 6.89. The Labute approximate surface area is 158 Å². The first-order valence-corrected chi connectivity index (χ1v) is 9.12. The van der Waals surface area contributed by atoms with Crippen molar-refractivity contribution in [3.8, 4) is 5.75 Å². The molecule has 1 aliphatic heterocycles. The lowest BCUT2D eigenvalue weighted by molar-refractivity contribution is -0.123. The van der Waals surface area contributed by atoms with Crippen LogP contribution in [0, 0.1) is 0 Å². The standard InChI is InChI=1S/C20H23ClN2O3/c21-18-9-5-4-8-17(18)19(23-10-12-25-13-11-23)14-22-20(24)15-26-16-6-2-1-3-7-16/h1-9,19H,10-15H2,(H,22,24)/t19-/m0/s1. The molecule has 0 aromatic heterocycles. The maximum atomic E-state index is 12.2. The van der Waals surface area contributed by atoms with Crippen LogP contribution in [0.15, 0.2) is 54.6 Å². The Hall–Kier alpha value is -2.08. The minimum absolute atomic E-state index is 0.00766. The normalized spacial score (nSPS) is 16.0. The molecule has 1 aliphatic rings. The molecule has 6 heteroatoms. The number of carbonyl (C=O) groups is 1. The topological polar surface area (TPSA) is 50.8 Å². The summed E-state index contributed by atoms with van der Waals surface area (Å²) >= 11 is 6.40. The smallest absolute Gasteiger partial charge is 0.258 e. The molecule has 0 aliphatic carbocycles. The lowest BCUT2D eigenvalue weighted by Crippen LogP contribution is -2.44. The van der Waals surface area contributed by atoms with E-state index in [0.717, 1.165) is 18.7 Å². The van der Waals surface area contributed by atoms with Gasteiger partial charge in [0.2, 0.25) is 0 Å². The number of amides is 1. The highest BCUT2D eigenvalue weighted by Gasteiger charge is 2.24. The molecule has 0 bridgehead atoms. The van der Waals surface area contributed by atoms with Gasteiger partial charge in [-0.15, -0.1) is 0 Å². The third kappa shape index (κ3) is 5.21. The Bertz CT molecular complexity index is 705. The summed E-state index contributed by atoms with van der Waals surface area (Å²) in [6.45, 7) is 3.46. The van der Waals surface area contributed by atoms with Gasteiger partial charge < -0.3 is 14.8 Å². The second-order valence-corrected chi connectivity index (χ2v) is 6.50. The molecule has 1 fully saturated rings. The zero-order valence-corrected chi connectivity index (χ0v) is 15.3. The summed E-state index contributed by atoms with van der Waals surface area (Å²) in [7, 11) is 0. The van der Waals surface area contributed by atoms with Crippen LogP contribution in [-0.4, -0.2) is 50.3 Å². The molecule has 1 saturated heterocycles. The summed E-state index contributed by atoms with van der Waals surface area (Å²) in [6, 6.07) is 17.1. The van der Waals surface area contributed by atoms with Gasteiger partial charge in [0.25, 0.3) is 5.91 Å². The second-order valence-electron chi connectivity index (χ2n) is 6.09. The zero-order valence-electron chi connectivity index (χ0n) is 14.6. The number of morpholine rings is 1. The number of carbonyl (C=O) groups excluding carboxylic acids is 1. The predicted octanol–water partition coefficient (Wildman–Crippen LogP) is 2.91. The van der Waals surface area contributed by atoms with Crippen LogP contribution in [0.1, 0.15) is 11.6 Å². The Morgan fingerprint density at radius 3 is 2.54 bits per heavy atom. The molecule has 5 nitrogen and oxygen atoms in total. The summed E-state index contributed by atoms with van der Waals surface area (Å²) in [5.41, 5.74) is 1.01. The number of hydrogen-bond acceptors (Lipinski definition) is 4. The molecule has 1 heterocycles. The first-order chi connectivity index (χ1) is 12.7. The van der Waals surface area contributed by atoms with Gasteiger partial charge >= 0.3 is 0 Å². The van der Waals surface area contributed by atoms with E-state index in [0.29, 0.717) is 30.5 Å². The highest BCUT2D eigenvalue weighted by Crippen LogP contribution is 2.27. The van der Waals surface area contributed by atoms with Crippen molar-refractivity contribution in [3.05, 3.63) is 65.2 Å². The summed E-state index contributed by atoms with van der Waals surface area (Å²) in [5.74, 6) is 0.526. The van der Waals surface area contributed by atoms with Crippen LogP contribution >= 0.6 is 11.6 Å². The van der Waals surface area contributed by atoms with E-state index in [-0.39, 0.29) is 18.6 Å². The summed E-state index contributed by atoms with van der Waals surface area (Å²) in [5, 5.41) is 3.68. The molecule has 3 rings (SSSR count). The molecule has 1 atom stereocenters. The fraction of sp³-hybridized carbons (Fsp3) is 0.350. The monoisotopic (exact) mass is 374 g/mol. The number of para-hydroxylation sites is 1. The zero-order chi connectivity index (χ0) is 18.2. The molecule has 1 N–H and O–H groups in total. The van der Waals surface area contributed by atoms with Crippen molar-refractivity contribution in [2.75, 3.05) is 39.5 Å². The Morgan fingerprint density at radius 2 is 1.81 bits per heavy atom. The molecular formula is C20H23ClN2O3. The molecule has 1 amide bonds. The fourth-order valence-corrected chi connectivity index (χ4v) is 3.26. The SMILES string of the molecule is O=C(COc1ccccc1)NC[C@@H](c1ccccc1Cl)N1CCOCC1. The Morgan fingerprint density at radius 1 is 1.12 bits per heavy atom. The fourth-order valence-electron chi connectivity index (χ4n) is 3.00. The minimum atomic E-state index is -0.154. The van der Waals surface area contributed by atoms with Crippen molar-refractivity contribution < 1.29 is 14.3 Å². The molecule has 0 unspecified atom stereocenters. The quantitative estimate of drug-likeness (QED) is 0.809. The van der Waals surface area contributed by atoms with Crippen LogP contribution in [0.2, 0.25) is 5.02 Å².